The molecule has 1 heterocycles. The van der Waals surface area contributed by atoms with Gasteiger partial charge in [0.05, 0.1) is 11.3 Å². The van der Waals surface area contributed by atoms with Crippen molar-refractivity contribution in [3.63, 3.8) is 0 Å². The minimum absolute atomic E-state index is 0.0103. The molecule has 0 amide bonds. The molecule has 0 fully saturated rings. The molecule has 0 bridgehead atoms. The quantitative estimate of drug-likeness (QED) is 0.560. The van der Waals surface area contributed by atoms with Crippen molar-refractivity contribution in [3.05, 3.63) is 21.5 Å². The third-order valence-corrected chi connectivity index (χ3v) is 2.64. The number of carbonyl (C=O) groups excluding carboxylic acids is 1. The van der Waals surface area contributed by atoms with E-state index in [1.54, 1.807) is 14.0 Å². The van der Waals surface area contributed by atoms with Crippen LogP contribution in [0.2, 0.25) is 0 Å². The molecule has 0 unspecified atom stereocenters. The second-order valence-electron chi connectivity index (χ2n) is 3.94. The van der Waals surface area contributed by atoms with Gasteiger partial charge in [0.15, 0.2) is 0 Å². The SMILES string of the molecule is CCCc1nn(C)c(CC(=O)CC)c1[N+](=O)[O-]. The summed E-state index contributed by atoms with van der Waals surface area (Å²) in [6.07, 6.45) is 1.81. The molecule has 0 saturated heterocycles. The van der Waals surface area contributed by atoms with Crippen molar-refractivity contribution in [2.75, 3.05) is 0 Å². The molecule has 94 valence electrons. The van der Waals surface area contributed by atoms with Crippen LogP contribution in [0.4, 0.5) is 5.69 Å². The van der Waals surface area contributed by atoms with E-state index < -0.39 is 4.92 Å². The lowest BCUT2D eigenvalue weighted by Crippen LogP contribution is -2.08. The van der Waals surface area contributed by atoms with Crippen molar-refractivity contribution in [2.24, 2.45) is 7.05 Å². The van der Waals surface area contributed by atoms with Gasteiger partial charge in [-0.15, -0.1) is 0 Å². The Balaban J connectivity index is 3.18. The predicted molar refractivity (Wildman–Crippen MR) is 62.9 cm³/mol. The summed E-state index contributed by atoms with van der Waals surface area (Å²) in [5.41, 5.74) is 0.889. The van der Waals surface area contributed by atoms with Gasteiger partial charge in [0.25, 0.3) is 0 Å². The molecule has 0 aliphatic rings. The number of carbonyl (C=O) groups is 1. The fourth-order valence-electron chi connectivity index (χ4n) is 1.73. The van der Waals surface area contributed by atoms with Gasteiger partial charge in [-0.05, 0) is 6.42 Å². The number of nitrogens with zero attached hydrogens (tertiary/aromatic N) is 3. The molecule has 1 aromatic heterocycles. The standard InChI is InChI=1S/C11H17N3O3/c1-4-6-9-11(14(16)17)10(13(3)12-9)7-8(15)5-2/h4-7H2,1-3H3. The van der Waals surface area contributed by atoms with Crippen LogP contribution < -0.4 is 0 Å². The van der Waals surface area contributed by atoms with Crippen molar-refractivity contribution >= 4 is 11.5 Å². The zero-order valence-corrected chi connectivity index (χ0v) is 10.4. The van der Waals surface area contributed by atoms with Crippen molar-refractivity contribution in [1.82, 2.24) is 9.78 Å². The number of rotatable bonds is 6. The van der Waals surface area contributed by atoms with E-state index in [0.717, 1.165) is 6.42 Å². The number of aromatic nitrogens is 2. The van der Waals surface area contributed by atoms with E-state index in [0.29, 0.717) is 24.2 Å². The minimum atomic E-state index is -0.434. The molecule has 0 atom stereocenters. The van der Waals surface area contributed by atoms with Gasteiger partial charge in [0, 0.05) is 13.5 Å². The zero-order valence-electron chi connectivity index (χ0n) is 10.4. The smallest absolute Gasteiger partial charge is 0.299 e. The average Bonchev–Trinajstić information content (AvgIpc) is 2.56. The molecule has 0 aliphatic carbocycles. The highest BCUT2D eigenvalue weighted by Gasteiger charge is 2.26. The topological polar surface area (TPSA) is 78.0 Å². The Hall–Kier alpha value is -1.72. The van der Waals surface area contributed by atoms with E-state index >= 15 is 0 Å². The second kappa shape index (κ2) is 5.56. The summed E-state index contributed by atoms with van der Waals surface area (Å²) in [6.45, 7) is 3.69. The Morgan fingerprint density at radius 2 is 2.12 bits per heavy atom. The third kappa shape index (κ3) is 2.89. The van der Waals surface area contributed by atoms with Crippen molar-refractivity contribution in [2.45, 2.75) is 39.5 Å². The average molecular weight is 239 g/mol. The fraction of sp³-hybridized carbons (Fsp3) is 0.636. The zero-order chi connectivity index (χ0) is 13.0. The Kier molecular flexibility index (Phi) is 4.37. The van der Waals surface area contributed by atoms with Crippen molar-refractivity contribution in [1.29, 1.82) is 0 Å². The molecule has 0 aromatic carbocycles. The lowest BCUT2D eigenvalue weighted by Gasteiger charge is -1.99. The van der Waals surface area contributed by atoms with Gasteiger partial charge in [-0.3, -0.25) is 19.6 Å². The molecule has 0 spiro atoms. The lowest BCUT2D eigenvalue weighted by molar-refractivity contribution is -0.386. The van der Waals surface area contributed by atoms with Gasteiger partial charge in [-0.1, -0.05) is 20.3 Å². The largest absolute Gasteiger partial charge is 0.313 e. The first-order valence-corrected chi connectivity index (χ1v) is 5.72. The maximum atomic E-state index is 11.4. The van der Waals surface area contributed by atoms with Gasteiger partial charge < -0.3 is 0 Å². The highest BCUT2D eigenvalue weighted by atomic mass is 16.6. The number of aryl methyl sites for hydroxylation is 2. The van der Waals surface area contributed by atoms with Crippen LogP contribution >= 0.6 is 0 Å². The Labute approximate surface area is 99.8 Å². The van der Waals surface area contributed by atoms with E-state index in [-0.39, 0.29) is 17.9 Å². The first kappa shape index (κ1) is 13.3. The monoisotopic (exact) mass is 239 g/mol. The summed E-state index contributed by atoms with van der Waals surface area (Å²) in [7, 11) is 1.64. The number of ketones is 1. The van der Waals surface area contributed by atoms with E-state index in [2.05, 4.69) is 5.10 Å². The summed E-state index contributed by atoms with van der Waals surface area (Å²) < 4.78 is 1.46. The molecule has 1 rings (SSSR count). The molecule has 6 heteroatoms. The number of hydrogen-bond acceptors (Lipinski definition) is 4. The Morgan fingerprint density at radius 1 is 1.47 bits per heavy atom. The van der Waals surface area contributed by atoms with Crippen LogP contribution in [0.15, 0.2) is 0 Å². The summed E-state index contributed by atoms with van der Waals surface area (Å²) in [5, 5.41) is 15.2. The maximum absolute atomic E-state index is 11.4. The summed E-state index contributed by atoms with van der Waals surface area (Å²) in [5.74, 6) is -0.0147. The van der Waals surface area contributed by atoms with Gasteiger partial charge >= 0.3 is 5.69 Å². The normalized spacial score (nSPS) is 10.5. The molecule has 0 radical (unpaired) electrons. The molecule has 0 N–H and O–H groups in total. The molecule has 1 aromatic rings. The summed E-state index contributed by atoms with van der Waals surface area (Å²) in [4.78, 5) is 22.0. The van der Waals surface area contributed by atoms with E-state index in [1.807, 2.05) is 6.92 Å². The first-order valence-electron chi connectivity index (χ1n) is 5.72. The van der Waals surface area contributed by atoms with Crippen LogP contribution in [-0.2, 0) is 24.7 Å². The maximum Gasteiger partial charge on any atom is 0.313 e. The summed E-state index contributed by atoms with van der Waals surface area (Å²) in [6, 6.07) is 0. The van der Waals surface area contributed by atoms with Crippen molar-refractivity contribution < 1.29 is 9.72 Å². The second-order valence-corrected chi connectivity index (χ2v) is 3.94. The van der Waals surface area contributed by atoms with Gasteiger partial charge in [0.1, 0.15) is 17.2 Å². The Bertz CT molecular complexity index is 437. The lowest BCUT2D eigenvalue weighted by atomic mass is 10.1. The van der Waals surface area contributed by atoms with Crippen LogP contribution in [-0.4, -0.2) is 20.5 Å². The van der Waals surface area contributed by atoms with Crippen molar-refractivity contribution in [3.8, 4) is 0 Å². The first-order chi connectivity index (χ1) is 8.01. The molecular formula is C11H17N3O3. The predicted octanol–water partition coefficient (Wildman–Crippen LogP) is 1.80. The van der Waals surface area contributed by atoms with E-state index in [1.165, 1.54) is 4.68 Å². The van der Waals surface area contributed by atoms with Crippen LogP contribution in [0.1, 0.15) is 38.1 Å². The minimum Gasteiger partial charge on any atom is -0.299 e. The van der Waals surface area contributed by atoms with Gasteiger partial charge in [0.2, 0.25) is 0 Å². The van der Waals surface area contributed by atoms with Crippen LogP contribution in [0.5, 0.6) is 0 Å². The Morgan fingerprint density at radius 3 is 2.59 bits per heavy atom. The highest BCUT2D eigenvalue weighted by Crippen LogP contribution is 2.25. The number of Topliss-reactive ketones (excluding diaryl/α,β-unsaturated/α-hetero) is 1. The molecule has 17 heavy (non-hydrogen) atoms. The molecule has 6 nitrogen and oxygen atoms in total. The third-order valence-electron chi connectivity index (χ3n) is 2.64. The number of nitro groups is 1. The summed E-state index contributed by atoms with van der Waals surface area (Å²) >= 11 is 0. The van der Waals surface area contributed by atoms with E-state index in [4.69, 9.17) is 0 Å². The highest BCUT2D eigenvalue weighted by molar-refractivity contribution is 5.81. The van der Waals surface area contributed by atoms with Crippen LogP contribution in [0.25, 0.3) is 0 Å². The van der Waals surface area contributed by atoms with Crippen LogP contribution in [0, 0.1) is 10.1 Å². The molecule has 0 aliphatic heterocycles. The molecule has 0 saturated carbocycles. The molecular weight excluding hydrogens is 222 g/mol. The van der Waals surface area contributed by atoms with Gasteiger partial charge in [-0.25, -0.2) is 0 Å². The van der Waals surface area contributed by atoms with E-state index in [9.17, 15) is 14.9 Å². The van der Waals surface area contributed by atoms with Crippen LogP contribution in [0.3, 0.4) is 0 Å². The number of hydrogen-bond donors (Lipinski definition) is 0. The van der Waals surface area contributed by atoms with Gasteiger partial charge in [-0.2, -0.15) is 5.10 Å². The fourth-order valence-corrected chi connectivity index (χ4v) is 1.73.